The van der Waals surface area contributed by atoms with Gasteiger partial charge in [0.1, 0.15) is 0 Å². The highest BCUT2D eigenvalue weighted by Crippen LogP contribution is 2.24. The summed E-state index contributed by atoms with van der Waals surface area (Å²) in [5, 5.41) is 30.3. The molecule has 0 saturated carbocycles. The Labute approximate surface area is 112 Å². The van der Waals surface area contributed by atoms with Crippen molar-refractivity contribution in [2.75, 3.05) is 13.1 Å². The standard InChI is InChI=1S/C8H16N2O6S2/c9-3-7(13,14)17-5(11)1-2-6(12)18-8(15,16)4-10/h13-16H,1-4,9-10H2. The summed E-state index contributed by atoms with van der Waals surface area (Å²) in [5.41, 5.74) is 9.98. The van der Waals surface area contributed by atoms with Gasteiger partial charge in [-0.1, -0.05) is 0 Å². The van der Waals surface area contributed by atoms with E-state index >= 15 is 0 Å². The predicted molar refractivity (Wildman–Crippen MR) is 66.9 cm³/mol. The Balaban J connectivity index is 4.04. The average Bonchev–Trinajstić information content (AvgIpc) is 2.25. The third-order valence-corrected chi connectivity index (χ3v) is 3.47. The van der Waals surface area contributed by atoms with Gasteiger partial charge in [-0.05, 0) is 23.5 Å². The van der Waals surface area contributed by atoms with Crippen molar-refractivity contribution in [2.24, 2.45) is 11.5 Å². The smallest absolute Gasteiger partial charge is 0.233 e. The molecule has 0 rings (SSSR count). The molecule has 0 spiro atoms. The summed E-state index contributed by atoms with van der Waals surface area (Å²) in [6.07, 6.45) is -0.556. The number of hydrogen-bond donors (Lipinski definition) is 6. The second-order valence-electron chi connectivity index (χ2n) is 3.34. The molecule has 0 fully saturated rings. The largest absolute Gasteiger partial charge is 0.356 e. The van der Waals surface area contributed by atoms with E-state index in [1.165, 1.54) is 0 Å². The molecule has 0 atom stereocenters. The second kappa shape index (κ2) is 7.40. The normalized spacial score (nSPS) is 12.6. The summed E-state index contributed by atoms with van der Waals surface area (Å²) < 4.78 is 0. The number of nitrogens with two attached hydrogens (primary N) is 2. The zero-order valence-electron chi connectivity index (χ0n) is 9.40. The van der Waals surface area contributed by atoms with E-state index in [-0.39, 0.29) is 36.4 Å². The summed E-state index contributed by atoms with van der Waals surface area (Å²) in [5.74, 6) is 0. The van der Waals surface area contributed by atoms with Crippen molar-refractivity contribution >= 4 is 33.8 Å². The molecule has 10 heteroatoms. The van der Waals surface area contributed by atoms with E-state index in [4.69, 9.17) is 31.9 Å². The zero-order valence-corrected chi connectivity index (χ0v) is 11.0. The van der Waals surface area contributed by atoms with Crippen LogP contribution >= 0.6 is 23.5 Å². The molecule has 0 radical (unpaired) electrons. The minimum atomic E-state index is -2.36. The van der Waals surface area contributed by atoms with Crippen LogP contribution in [0.3, 0.4) is 0 Å². The summed E-state index contributed by atoms with van der Waals surface area (Å²) in [6.45, 7) is -1.06. The maximum atomic E-state index is 11.2. The minimum Gasteiger partial charge on any atom is -0.356 e. The van der Waals surface area contributed by atoms with Gasteiger partial charge in [0.2, 0.25) is 10.2 Å². The SMILES string of the molecule is NCC(O)(O)SC(=O)CCC(=O)SC(O)(O)CN. The van der Waals surface area contributed by atoms with E-state index in [1.54, 1.807) is 0 Å². The molecule has 106 valence electrons. The first-order chi connectivity index (χ1) is 8.12. The molecule has 0 aliphatic rings. The molecule has 18 heavy (non-hydrogen) atoms. The molecular formula is C8H16N2O6S2. The number of rotatable bonds is 7. The van der Waals surface area contributed by atoms with Gasteiger partial charge in [0.25, 0.3) is 0 Å². The Morgan fingerprint density at radius 2 is 1.11 bits per heavy atom. The van der Waals surface area contributed by atoms with Crippen LogP contribution in [-0.4, -0.2) is 54.0 Å². The predicted octanol–water partition coefficient (Wildman–Crippen LogP) is -2.52. The minimum absolute atomic E-state index is 0.204. The highest BCUT2D eigenvalue weighted by atomic mass is 32.2. The van der Waals surface area contributed by atoms with E-state index < -0.39 is 33.6 Å². The number of carbonyl (C=O) groups excluding carboxylic acids is 2. The van der Waals surface area contributed by atoms with Gasteiger partial charge in [-0.15, -0.1) is 0 Å². The van der Waals surface area contributed by atoms with Gasteiger partial charge in [-0.2, -0.15) is 0 Å². The third-order valence-electron chi connectivity index (χ3n) is 1.62. The Kier molecular flexibility index (Phi) is 7.32. The summed E-state index contributed by atoms with van der Waals surface area (Å²) in [7, 11) is 0. The molecule has 0 aromatic rings. The van der Waals surface area contributed by atoms with Gasteiger partial charge in [-0.25, -0.2) is 0 Å². The zero-order chi connectivity index (χ0) is 14.4. The van der Waals surface area contributed by atoms with Crippen molar-refractivity contribution in [1.82, 2.24) is 0 Å². The number of hydrogen-bond acceptors (Lipinski definition) is 10. The van der Waals surface area contributed by atoms with Crippen molar-refractivity contribution in [1.29, 1.82) is 0 Å². The van der Waals surface area contributed by atoms with Gasteiger partial charge in [0.05, 0.1) is 13.1 Å². The van der Waals surface area contributed by atoms with Gasteiger partial charge in [0.15, 0.2) is 10.2 Å². The highest BCUT2D eigenvalue weighted by molar-refractivity contribution is 8.15. The molecule has 0 amide bonds. The molecule has 8 N–H and O–H groups in total. The maximum Gasteiger partial charge on any atom is 0.233 e. The fourth-order valence-corrected chi connectivity index (χ4v) is 2.06. The lowest BCUT2D eigenvalue weighted by molar-refractivity contribution is -0.117. The van der Waals surface area contributed by atoms with Crippen LogP contribution in [0.15, 0.2) is 0 Å². The molecule has 8 nitrogen and oxygen atoms in total. The quantitative estimate of drug-likeness (QED) is 0.276. The monoisotopic (exact) mass is 300 g/mol. The van der Waals surface area contributed by atoms with Crippen molar-refractivity contribution in [3.05, 3.63) is 0 Å². The van der Waals surface area contributed by atoms with E-state index in [9.17, 15) is 9.59 Å². The molecule has 0 aliphatic heterocycles. The van der Waals surface area contributed by atoms with Gasteiger partial charge in [0, 0.05) is 12.8 Å². The Bertz CT molecular complexity index is 280. The van der Waals surface area contributed by atoms with Crippen LogP contribution in [-0.2, 0) is 9.59 Å². The fraction of sp³-hybridized carbons (Fsp3) is 0.750. The number of aliphatic hydroxyl groups is 4. The molecule has 0 heterocycles. The first-order valence-electron chi connectivity index (χ1n) is 4.85. The lowest BCUT2D eigenvalue weighted by Crippen LogP contribution is -2.35. The summed E-state index contributed by atoms with van der Waals surface area (Å²) in [4.78, 5) is 22.5. The van der Waals surface area contributed by atoms with Crippen LogP contribution in [0.1, 0.15) is 12.8 Å². The molecule has 0 aromatic heterocycles. The van der Waals surface area contributed by atoms with Crippen molar-refractivity contribution in [3.8, 4) is 0 Å². The second-order valence-corrected chi connectivity index (χ2v) is 5.97. The Morgan fingerprint density at radius 1 is 0.833 bits per heavy atom. The first kappa shape index (κ1) is 17.8. The van der Waals surface area contributed by atoms with Crippen molar-refractivity contribution in [3.63, 3.8) is 0 Å². The Hall–Kier alpha value is -0.200. The van der Waals surface area contributed by atoms with E-state index in [2.05, 4.69) is 0 Å². The summed E-state index contributed by atoms with van der Waals surface area (Å²) in [6, 6.07) is 0. The van der Waals surface area contributed by atoms with Gasteiger partial charge >= 0.3 is 0 Å². The lowest BCUT2D eigenvalue weighted by atomic mass is 10.4. The first-order valence-corrected chi connectivity index (χ1v) is 6.48. The lowest BCUT2D eigenvalue weighted by Gasteiger charge is -2.18. The number of thioether (sulfide) groups is 2. The molecular weight excluding hydrogens is 284 g/mol. The van der Waals surface area contributed by atoms with Crippen molar-refractivity contribution in [2.45, 2.75) is 23.1 Å². The van der Waals surface area contributed by atoms with Crippen LogP contribution in [0.25, 0.3) is 0 Å². The fourth-order valence-electron chi connectivity index (χ4n) is 0.754. The molecule has 0 bridgehead atoms. The highest BCUT2D eigenvalue weighted by Gasteiger charge is 2.28. The average molecular weight is 300 g/mol. The topological polar surface area (TPSA) is 167 Å². The molecule has 0 saturated heterocycles. The Morgan fingerprint density at radius 3 is 1.33 bits per heavy atom. The third kappa shape index (κ3) is 8.00. The summed E-state index contributed by atoms with van der Waals surface area (Å²) >= 11 is 0.407. The van der Waals surface area contributed by atoms with Crippen LogP contribution in [0.4, 0.5) is 0 Å². The molecule has 0 aromatic carbocycles. The molecule has 0 aliphatic carbocycles. The van der Waals surface area contributed by atoms with Gasteiger partial charge < -0.3 is 31.9 Å². The van der Waals surface area contributed by atoms with Crippen molar-refractivity contribution < 1.29 is 30.0 Å². The molecule has 0 unspecified atom stereocenters. The van der Waals surface area contributed by atoms with Crippen LogP contribution in [0.5, 0.6) is 0 Å². The van der Waals surface area contributed by atoms with Crippen LogP contribution < -0.4 is 11.5 Å². The van der Waals surface area contributed by atoms with Crippen LogP contribution in [0.2, 0.25) is 0 Å². The number of carbonyl (C=O) groups is 2. The maximum absolute atomic E-state index is 11.2. The van der Waals surface area contributed by atoms with E-state index in [0.717, 1.165) is 0 Å². The van der Waals surface area contributed by atoms with Crippen LogP contribution in [0, 0.1) is 0 Å². The van der Waals surface area contributed by atoms with E-state index in [1.807, 2.05) is 0 Å². The van der Waals surface area contributed by atoms with Gasteiger partial charge in [-0.3, -0.25) is 9.59 Å². The van der Waals surface area contributed by atoms with E-state index in [0.29, 0.717) is 0 Å².